The number of benzene rings is 2. The second kappa shape index (κ2) is 10.5. The summed E-state index contributed by atoms with van der Waals surface area (Å²) in [5.74, 6) is -2.78. The number of Topliss-reactive ketones (excluding diaryl/α,β-unsaturated/α-hetero) is 2. The quantitative estimate of drug-likeness (QED) is 0.307. The lowest BCUT2D eigenvalue weighted by Crippen LogP contribution is -2.42. The third kappa shape index (κ3) is 5.86. The van der Waals surface area contributed by atoms with Gasteiger partial charge in [0.05, 0.1) is 5.92 Å². The van der Waals surface area contributed by atoms with E-state index >= 15 is 0 Å². The van der Waals surface area contributed by atoms with Gasteiger partial charge in [0.25, 0.3) is 0 Å². The SMILES string of the molecule is CO[Si](CCCC(C(=O)c1ccc(F)cc1)C(=O)c1ccc(F)cc1)(OC)OC. The number of rotatable bonds is 11. The van der Waals surface area contributed by atoms with E-state index in [0.717, 1.165) is 0 Å². The molecular formula is C21H24F2O5Si. The van der Waals surface area contributed by atoms with Crippen molar-refractivity contribution in [3.63, 3.8) is 0 Å². The molecule has 0 radical (unpaired) electrons. The van der Waals surface area contributed by atoms with Crippen molar-refractivity contribution in [2.45, 2.75) is 18.9 Å². The second-order valence-corrected chi connectivity index (χ2v) is 9.57. The van der Waals surface area contributed by atoms with Crippen LogP contribution in [0.2, 0.25) is 6.04 Å². The summed E-state index contributed by atoms with van der Waals surface area (Å²) < 4.78 is 42.6. The number of hydrogen-bond acceptors (Lipinski definition) is 5. The molecule has 2 aromatic rings. The minimum absolute atomic E-state index is 0.219. The average molecular weight is 423 g/mol. The van der Waals surface area contributed by atoms with Gasteiger partial charge in [-0.2, -0.15) is 0 Å². The average Bonchev–Trinajstić information content (AvgIpc) is 2.75. The van der Waals surface area contributed by atoms with Gasteiger partial charge in [-0.05, 0) is 61.4 Å². The highest BCUT2D eigenvalue weighted by atomic mass is 28.4. The molecule has 29 heavy (non-hydrogen) atoms. The maximum absolute atomic E-state index is 13.2. The van der Waals surface area contributed by atoms with E-state index in [1.165, 1.54) is 69.9 Å². The Hall–Kier alpha value is -2.26. The fraction of sp³-hybridized carbons (Fsp3) is 0.333. The van der Waals surface area contributed by atoms with Crippen molar-refractivity contribution in [1.29, 1.82) is 0 Å². The van der Waals surface area contributed by atoms with Gasteiger partial charge in [-0.1, -0.05) is 0 Å². The van der Waals surface area contributed by atoms with Gasteiger partial charge in [-0.3, -0.25) is 9.59 Å². The Morgan fingerprint density at radius 3 is 1.52 bits per heavy atom. The van der Waals surface area contributed by atoms with Crippen LogP contribution in [-0.2, 0) is 13.3 Å². The lowest BCUT2D eigenvalue weighted by Gasteiger charge is -2.25. The summed E-state index contributed by atoms with van der Waals surface area (Å²) in [6.45, 7) is 0. The molecule has 0 bridgehead atoms. The number of carbonyl (C=O) groups excluding carboxylic acids is 2. The molecule has 0 aliphatic carbocycles. The molecule has 0 unspecified atom stereocenters. The second-order valence-electron chi connectivity index (χ2n) is 6.48. The van der Waals surface area contributed by atoms with E-state index in [4.69, 9.17) is 13.3 Å². The topological polar surface area (TPSA) is 61.8 Å². The summed E-state index contributed by atoms with van der Waals surface area (Å²) in [5.41, 5.74) is 0.473. The van der Waals surface area contributed by atoms with Gasteiger partial charge in [0.1, 0.15) is 11.6 Å². The number of hydrogen-bond donors (Lipinski definition) is 0. The Morgan fingerprint density at radius 1 is 0.793 bits per heavy atom. The predicted molar refractivity (Wildman–Crippen MR) is 106 cm³/mol. The number of carbonyl (C=O) groups is 2. The van der Waals surface area contributed by atoms with Crippen LogP contribution in [0.3, 0.4) is 0 Å². The van der Waals surface area contributed by atoms with Crippen LogP contribution in [0.4, 0.5) is 8.78 Å². The molecule has 0 spiro atoms. The zero-order valence-electron chi connectivity index (χ0n) is 16.6. The molecular weight excluding hydrogens is 398 g/mol. The van der Waals surface area contributed by atoms with Crippen LogP contribution in [0.5, 0.6) is 0 Å². The van der Waals surface area contributed by atoms with E-state index in [2.05, 4.69) is 0 Å². The Bertz CT molecular complexity index is 754. The molecule has 0 aromatic heterocycles. The minimum Gasteiger partial charge on any atom is -0.377 e. The van der Waals surface area contributed by atoms with Gasteiger partial charge in [0, 0.05) is 38.5 Å². The van der Waals surface area contributed by atoms with Crippen molar-refractivity contribution in [1.82, 2.24) is 0 Å². The van der Waals surface area contributed by atoms with Crippen LogP contribution >= 0.6 is 0 Å². The zero-order valence-corrected chi connectivity index (χ0v) is 17.6. The summed E-state index contributed by atoms with van der Waals surface area (Å²) in [5, 5.41) is 0. The lowest BCUT2D eigenvalue weighted by atomic mass is 9.87. The van der Waals surface area contributed by atoms with Gasteiger partial charge >= 0.3 is 8.80 Å². The molecule has 0 amide bonds. The van der Waals surface area contributed by atoms with Crippen LogP contribution < -0.4 is 0 Å². The molecule has 0 aliphatic rings. The highest BCUT2D eigenvalue weighted by Crippen LogP contribution is 2.24. The molecule has 0 saturated heterocycles. The molecule has 2 rings (SSSR count). The summed E-state index contributed by atoms with van der Waals surface area (Å²) >= 11 is 0. The van der Waals surface area contributed by atoms with Gasteiger partial charge in [-0.25, -0.2) is 8.78 Å². The fourth-order valence-electron chi connectivity index (χ4n) is 3.09. The van der Waals surface area contributed by atoms with Crippen molar-refractivity contribution in [2.75, 3.05) is 21.3 Å². The number of ketones is 2. The Balaban J connectivity index is 2.24. The maximum atomic E-state index is 13.2. The molecule has 0 atom stereocenters. The molecule has 0 heterocycles. The first-order valence-corrected chi connectivity index (χ1v) is 11.0. The molecule has 0 fully saturated rings. The third-order valence-corrected chi connectivity index (χ3v) is 7.63. The van der Waals surface area contributed by atoms with Gasteiger partial charge in [0.2, 0.25) is 0 Å². The fourth-order valence-corrected chi connectivity index (χ4v) is 4.84. The normalized spacial score (nSPS) is 11.7. The Morgan fingerprint density at radius 2 is 1.17 bits per heavy atom. The molecule has 156 valence electrons. The highest BCUT2D eigenvalue weighted by Gasteiger charge is 2.38. The first-order valence-electron chi connectivity index (χ1n) is 9.11. The van der Waals surface area contributed by atoms with Crippen molar-refractivity contribution >= 4 is 20.4 Å². The summed E-state index contributed by atoms with van der Waals surface area (Å²) in [4.78, 5) is 26.0. The third-order valence-electron chi connectivity index (χ3n) is 4.80. The van der Waals surface area contributed by atoms with Crippen LogP contribution in [0.25, 0.3) is 0 Å². The van der Waals surface area contributed by atoms with E-state index in [1.807, 2.05) is 0 Å². The van der Waals surface area contributed by atoms with Gasteiger partial charge in [-0.15, -0.1) is 0 Å². The molecule has 0 saturated carbocycles. The summed E-state index contributed by atoms with van der Waals surface area (Å²) in [7, 11) is 1.62. The van der Waals surface area contributed by atoms with Crippen molar-refractivity contribution in [2.24, 2.45) is 5.92 Å². The van der Waals surface area contributed by atoms with Crippen molar-refractivity contribution in [3.8, 4) is 0 Å². The molecule has 2 aromatic carbocycles. The maximum Gasteiger partial charge on any atom is 0.500 e. The van der Waals surface area contributed by atoms with E-state index < -0.39 is 37.9 Å². The highest BCUT2D eigenvalue weighted by molar-refractivity contribution is 6.60. The molecule has 0 aliphatic heterocycles. The van der Waals surface area contributed by atoms with E-state index in [9.17, 15) is 18.4 Å². The van der Waals surface area contributed by atoms with E-state index in [1.54, 1.807) is 0 Å². The minimum atomic E-state index is -2.85. The first-order chi connectivity index (χ1) is 13.9. The summed E-state index contributed by atoms with van der Waals surface area (Å²) in [6, 6.07) is 10.5. The number of halogens is 2. The lowest BCUT2D eigenvalue weighted by molar-refractivity contribution is 0.0792. The summed E-state index contributed by atoms with van der Waals surface area (Å²) in [6.07, 6.45) is 0.656. The molecule has 0 N–H and O–H groups in total. The van der Waals surface area contributed by atoms with Gasteiger partial charge in [0.15, 0.2) is 11.6 Å². The first kappa shape index (κ1) is 23.0. The van der Waals surface area contributed by atoms with Gasteiger partial charge < -0.3 is 13.3 Å². The van der Waals surface area contributed by atoms with Crippen LogP contribution in [0.15, 0.2) is 48.5 Å². The van der Waals surface area contributed by atoms with Crippen molar-refractivity contribution < 1.29 is 31.6 Å². The van der Waals surface area contributed by atoms with Crippen LogP contribution in [0.1, 0.15) is 33.6 Å². The monoisotopic (exact) mass is 422 g/mol. The molecule has 8 heteroatoms. The van der Waals surface area contributed by atoms with E-state index in [0.29, 0.717) is 12.5 Å². The van der Waals surface area contributed by atoms with Crippen molar-refractivity contribution in [3.05, 3.63) is 71.3 Å². The van der Waals surface area contributed by atoms with E-state index in [-0.39, 0.29) is 17.5 Å². The zero-order chi connectivity index (χ0) is 21.4. The van der Waals surface area contributed by atoms with Crippen LogP contribution in [-0.4, -0.2) is 41.7 Å². The standard InChI is InChI=1S/C21H24F2O5Si/c1-26-29(27-2,28-3)14-4-5-19(20(24)15-6-10-17(22)11-7-15)21(25)16-8-12-18(23)13-9-16/h6-13,19H,4-5,14H2,1-3H3. The Kier molecular flexibility index (Phi) is 8.33. The largest absolute Gasteiger partial charge is 0.500 e. The Labute approximate surface area is 170 Å². The predicted octanol–water partition coefficient (Wildman–Crippen LogP) is 4.30. The molecule has 5 nitrogen and oxygen atoms in total. The smallest absolute Gasteiger partial charge is 0.377 e. The van der Waals surface area contributed by atoms with Crippen LogP contribution in [0, 0.1) is 17.6 Å².